The minimum Gasteiger partial charge on any atom is -0.537 e. The molecule has 0 amide bonds. The van der Waals surface area contributed by atoms with E-state index in [1.165, 1.54) is 84.0 Å². The first kappa shape index (κ1) is 69.5. The van der Waals surface area contributed by atoms with E-state index in [1.807, 2.05) is 0 Å². The molecule has 1 radical (unpaired) electrons. The van der Waals surface area contributed by atoms with Crippen molar-refractivity contribution in [2.24, 2.45) is 0 Å². The van der Waals surface area contributed by atoms with E-state index in [2.05, 4.69) is 50.4 Å². The van der Waals surface area contributed by atoms with Gasteiger partial charge in [-0.2, -0.15) is 81.8 Å². The van der Waals surface area contributed by atoms with Crippen LogP contribution in [-0.4, -0.2) is 95.0 Å². The first-order valence-electron chi connectivity index (χ1n) is 24.5. The van der Waals surface area contributed by atoms with E-state index in [9.17, 15) is 65.9 Å². The van der Waals surface area contributed by atoms with E-state index in [-0.39, 0.29) is 116 Å². The summed E-state index contributed by atoms with van der Waals surface area (Å²) in [7, 11) is -5.11. The molecule has 467 valence electrons. The molecule has 4 aromatic heterocycles. The summed E-state index contributed by atoms with van der Waals surface area (Å²) >= 11 is 3.11. The van der Waals surface area contributed by atoms with Crippen LogP contribution in [0.5, 0.6) is 17.2 Å². The minimum absolute atomic E-state index is 0. The highest BCUT2D eigenvalue weighted by atomic mass is 79.9. The summed E-state index contributed by atoms with van der Waals surface area (Å²) in [5.74, 6) is -3.93. The lowest BCUT2D eigenvalue weighted by Crippen LogP contribution is -2.41. The summed E-state index contributed by atoms with van der Waals surface area (Å²) in [6.45, 7) is -0.0179. The summed E-state index contributed by atoms with van der Waals surface area (Å²) in [4.78, 5) is 25.7. The van der Waals surface area contributed by atoms with E-state index in [0.29, 0.717) is 52.5 Å². The summed E-state index contributed by atoms with van der Waals surface area (Å²) in [5.41, 5.74) is -1.91. The van der Waals surface area contributed by atoms with E-state index in [1.54, 1.807) is 12.1 Å². The van der Waals surface area contributed by atoms with Gasteiger partial charge in [-0.15, -0.1) is 10.2 Å². The van der Waals surface area contributed by atoms with Gasteiger partial charge >= 0.3 is 40.5 Å². The number of nitrogens with zero attached hydrogens (tertiary/aromatic N) is 8. The number of hydrogen-bond acceptors (Lipinski definition) is 14. The summed E-state index contributed by atoms with van der Waals surface area (Å²) in [6, 6.07) is 19.5. The predicted molar refractivity (Wildman–Crippen MR) is 315 cm³/mol. The predicted octanol–water partition coefficient (Wildman–Crippen LogP) is 8.43. The first-order valence-corrected chi connectivity index (χ1v) is 28.2. The monoisotopic (exact) mass is 1380 g/mol. The Hall–Kier alpha value is -7.58. The van der Waals surface area contributed by atoms with Crippen LogP contribution in [0, 0.1) is 23.3 Å². The van der Waals surface area contributed by atoms with Crippen LogP contribution >= 0.6 is 35.7 Å². The Labute approximate surface area is 509 Å². The van der Waals surface area contributed by atoms with Gasteiger partial charge in [-0.05, 0) is 99.4 Å². The number of halogens is 11. The van der Waals surface area contributed by atoms with Crippen LogP contribution in [-0.2, 0) is 58.7 Å². The molecule has 0 saturated heterocycles. The van der Waals surface area contributed by atoms with Crippen molar-refractivity contribution in [2.45, 2.75) is 38.3 Å². The SMILES string of the molecule is COc1cc(-c2cc(F)cc(C(F)(F)F)c2)c(F)cc1-n1c2c(ccc1=O)CN(S(=O)(=O)Nc1cccnn1)CC2.COc1cc(Br)c(F)cc1-n1c2c(ccc1=O)CN(S(=O)(=O)Nc1cccnn1)CC2.O[B]Oc1cc(F)cc(C(F)(F)F)c1.P.P. The van der Waals surface area contributed by atoms with Gasteiger partial charge in [0.2, 0.25) is 0 Å². The second-order valence-electron chi connectivity index (χ2n) is 18.1. The van der Waals surface area contributed by atoms with Crippen molar-refractivity contribution in [1.82, 2.24) is 38.1 Å². The van der Waals surface area contributed by atoms with Crippen LogP contribution in [0.4, 0.5) is 55.5 Å². The number of aromatic nitrogens is 6. The maximum absolute atomic E-state index is 15.4. The van der Waals surface area contributed by atoms with E-state index in [0.717, 1.165) is 33.1 Å². The van der Waals surface area contributed by atoms with Crippen LogP contribution in [0.2, 0.25) is 0 Å². The van der Waals surface area contributed by atoms with Gasteiger partial charge in [0.25, 0.3) is 11.1 Å². The number of nitrogens with one attached hydrogen (secondary N) is 2. The summed E-state index contributed by atoms with van der Waals surface area (Å²) < 4.78 is 208. The van der Waals surface area contributed by atoms with Crippen LogP contribution in [0.1, 0.15) is 33.6 Å². The van der Waals surface area contributed by atoms with Crippen molar-refractivity contribution in [2.75, 3.05) is 36.8 Å². The average Bonchev–Trinajstić information content (AvgIpc) is 1.18. The molecule has 2 unspecified atom stereocenters. The quantitative estimate of drug-likeness (QED) is 0.0558. The van der Waals surface area contributed by atoms with Gasteiger partial charge in [-0.3, -0.25) is 28.2 Å². The van der Waals surface area contributed by atoms with Gasteiger partial charge in [0.15, 0.2) is 11.6 Å². The number of anilines is 2. The van der Waals surface area contributed by atoms with Crippen LogP contribution in [0.3, 0.4) is 0 Å². The van der Waals surface area contributed by atoms with Gasteiger partial charge in [-0.25, -0.2) is 17.6 Å². The molecule has 0 fully saturated rings. The number of fused-ring (bicyclic) bond motifs is 2. The Bertz CT molecular complexity index is 4200. The van der Waals surface area contributed by atoms with Crippen molar-refractivity contribution in [3.05, 3.63) is 204 Å². The number of pyridine rings is 2. The Kier molecular flexibility index (Phi) is 22.7. The number of methoxy groups -OCH3 is 2. The van der Waals surface area contributed by atoms with Crippen LogP contribution in [0.15, 0.2) is 136 Å². The largest absolute Gasteiger partial charge is 0.569 e. The molecule has 8 aromatic rings. The van der Waals surface area contributed by atoms with Gasteiger partial charge in [-0.1, -0.05) is 12.1 Å². The van der Waals surface area contributed by atoms with E-state index < -0.39 is 78.5 Å². The fourth-order valence-corrected chi connectivity index (χ4v) is 11.4. The molecule has 2 atom stereocenters. The van der Waals surface area contributed by atoms with Gasteiger partial charge in [0.1, 0.15) is 40.5 Å². The lowest BCUT2D eigenvalue weighted by Gasteiger charge is -2.30. The third-order valence-electron chi connectivity index (χ3n) is 12.7. The molecular weight excluding hydrogens is 1330 g/mol. The van der Waals surface area contributed by atoms with Crippen molar-refractivity contribution < 1.29 is 79.9 Å². The third kappa shape index (κ3) is 16.4. The molecule has 3 N–H and O–H groups in total. The van der Waals surface area contributed by atoms with Crippen molar-refractivity contribution in [3.63, 3.8) is 0 Å². The molecule has 88 heavy (non-hydrogen) atoms. The molecule has 0 saturated carbocycles. The zero-order valence-electron chi connectivity index (χ0n) is 45.5. The number of alkyl halides is 6. The lowest BCUT2D eigenvalue weighted by molar-refractivity contribution is -0.138. The average molecular weight is 1380 g/mol. The normalized spacial score (nSPS) is 13.3. The Morgan fingerprint density at radius 2 is 1.06 bits per heavy atom. The number of benzene rings is 4. The highest BCUT2D eigenvalue weighted by Crippen LogP contribution is 2.39. The molecule has 0 aliphatic carbocycles. The topological polar surface area (TPSA) is 242 Å². The smallest absolute Gasteiger partial charge is 0.537 e. The molecule has 2 aliphatic heterocycles. The number of hydrogen-bond donors (Lipinski definition) is 3. The number of rotatable bonds is 13. The molecule has 0 bridgehead atoms. The Balaban J connectivity index is 0.000000232. The van der Waals surface area contributed by atoms with Gasteiger partial charge in [0.05, 0.1) is 41.2 Å². The van der Waals surface area contributed by atoms with Crippen LogP contribution < -0.4 is 34.7 Å². The zero-order chi connectivity index (χ0) is 62.5. The fourth-order valence-electron chi connectivity index (χ4n) is 8.84. The highest BCUT2D eigenvalue weighted by molar-refractivity contribution is 9.10. The fraction of sp³-hybridized carbons (Fsp3) is 0.192. The Morgan fingerprint density at radius 1 is 0.602 bits per heavy atom. The van der Waals surface area contributed by atoms with E-state index in [4.69, 9.17) is 14.5 Å². The van der Waals surface area contributed by atoms with Crippen molar-refractivity contribution in [3.8, 4) is 39.8 Å². The molecule has 4 aromatic carbocycles. The molecule has 10 rings (SSSR count). The molecule has 20 nitrogen and oxygen atoms in total. The summed E-state index contributed by atoms with van der Waals surface area (Å²) in [5, 5.41) is 22.9. The zero-order valence-corrected chi connectivity index (χ0v) is 51.5. The second-order valence-corrected chi connectivity index (χ2v) is 22.3. The first-order chi connectivity index (χ1) is 40.6. The van der Waals surface area contributed by atoms with Crippen molar-refractivity contribution >= 4 is 75.5 Å². The maximum atomic E-state index is 15.4. The molecular formula is C52H47BBrF10N10O10P2S2. The van der Waals surface area contributed by atoms with E-state index >= 15 is 4.39 Å². The molecule has 6 heterocycles. The molecule has 36 heteroatoms. The third-order valence-corrected chi connectivity index (χ3v) is 16.2. The molecule has 2 aliphatic rings. The minimum atomic E-state index is -4.86. The summed E-state index contributed by atoms with van der Waals surface area (Å²) in [6.07, 6.45) is -6.39. The molecule has 0 spiro atoms. The number of ether oxygens (including phenoxy) is 2. The van der Waals surface area contributed by atoms with Crippen molar-refractivity contribution in [1.29, 1.82) is 0 Å². The highest BCUT2D eigenvalue weighted by Gasteiger charge is 2.35. The maximum Gasteiger partial charge on any atom is 0.569 e. The van der Waals surface area contributed by atoms with Gasteiger partial charge in [0, 0.05) is 98.7 Å². The standard InChI is InChI=1S/C26H20F5N5O4S.C19H17BrFN5O4S.C7H4BF4O2.2H3P/c1-40-23-12-19(16-9-17(26(29,30)31)11-18(27)10-16)20(28)13-22(23)36-21-6-8-35(14-15(21)4-5-25(36)37)41(38,39)34-24-3-2-7-32-33-24;1-30-17-9-13(20)14(21)10-16(17)26-15-6-8-25(11-12(15)4-5-19(26)27)31(28,29)24-18-3-2-7-22-23-18;9-5-1-4(7(10,11)12)2-6(3-5)14-8-13;;/h2-5,7,9-13H,6,8,14H2,1H3,(H,33,34);2-5,7,9-10H,6,8,11H2,1H3,(H,23,24);1-3,13H;2*1H3. The van der Waals surface area contributed by atoms with Gasteiger partial charge < -0.3 is 19.2 Å². The van der Waals surface area contributed by atoms with Crippen LogP contribution in [0.25, 0.3) is 22.5 Å². The lowest BCUT2D eigenvalue weighted by atomic mass is 10.0. The second kappa shape index (κ2) is 28.7. The Morgan fingerprint density at radius 3 is 1.50 bits per heavy atom.